The Morgan fingerprint density at radius 3 is 2.33 bits per heavy atom. The van der Waals surface area contributed by atoms with Gasteiger partial charge in [0.15, 0.2) is 0 Å². The summed E-state index contributed by atoms with van der Waals surface area (Å²) in [7, 11) is 0. The van der Waals surface area contributed by atoms with Crippen molar-refractivity contribution in [2.24, 2.45) is 0 Å². The van der Waals surface area contributed by atoms with Crippen molar-refractivity contribution in [1.29, 1.82) is 0 Å². The molecule has 116 valence electrons. The maximum atomic E-state index is 12.1. The van der Waals surface area contributed by atoms with Crippen LogP contribution in [-0.2, 0) is 11.2 Å². The lowest BCUT2D eigenvalue weighted by Gasteiger charge is -2.29. The van der Waals surface area contributed by atoms with Gasteiger partial charge in [0.2, 0.25) is 5.91 Å². The van der Waals surface area contributed by atoms with Gasteiger partial charge in [-0.2, -0.15) is 0 Å². The average Bonchev–Trinajstić information content (AvgIpc) is 2.49. The van der Waals surface area contributed by atoms with E-state index >= 15 is 0 Å². The molecular formula is C18H28N2O. The van der Waals surface area contributed by atoms with Crippen LogP contribution in [0.15, 0.2) is 24.3 Å². The van der Waals surface area contributed by atoms with Crippen molar-refractivity contribution in [3.05, 3.63) is 35.4 Å². The van der Waals surface area contributed by atoms with Crippen LogP contribution >= 0.6 is 0 Å². The first-order valence-electron chi connectivity index (χ1n) is 8.25. The monoisotopic (exact) mass is 288 g/mol. The normalized spacial score (nSPS) is 22.0. The summed E-state index contributed by atoms with van der Waals surface area (Å²) in [5.74, 6) is 0.156. The average molecular weight is 288 g/mol. The summed E-state index contributed by atoms with van der Waals surface area (Å²) in [6.45, 7) is 5.37. The second-order valence-corrected chi connectivity index (χ2v) is 6.23. The van der Waals surface area contributed by atoms with Gasteiger partial charge in [0.25, 0.3) is 0 Å². The fourth-order valence-corrected chi connectivity index (χ4v) is 2.96. The van der Waals surface area contributed by atoms with Crippen molar-refractivity contribution in [1.82, 2.24) is 10.6 Å². The number of nitrogens with one attached hydrogen (secondary N) is 2. The SMILES string of the molecule is CCCNC1CCC(NC(=O)Cc2ccc(C)cc2)CC1. The molecule has 1 aliphatic carbocycles. The van der Waals surface area contributed by atoms with Gasteiger partial charge in [-0.3, -0.25) is 4.79 Å². The molecular weight excluding hydrogens is 260 g/mol. The number of benzene rings is 1. The fourth-order valence-electron chi connectivity index (χ4n) is 2.96. The smallest absolute Gasteiger partial charge is 0.224 e. The van der Waals surface area contributed by atoms with Crippen molar-refractivity contribution < 1.29 is 4.79 Å². The summed E-state index contributed by atoms with van der Waals surface area (Å²) >= 11 is 0. The van der Waals surface area contributed by atoms with Gasteiger partial charge < -0.3 is 10.6 Å². The van der Waals surface area contributed by atoms with Crippen LogP contribution in [0.25, 0.3) is 0 Å². The summed E-state index contributed by atoms with van der Waals surface area (Å²) in [5, 5.41) is 6.77. The zero-order chi connectivity index (χ0) is 15.1. The van der Waals surface area contributed by atoms with E-state index in [2.05, 4.69) is 36.6 Å². The maximum absolute atomic E-state index is 12.1. The number of rotatable bonds is 6. The van der Waals surface area contributed by atoms with Gasteiger partial charge in [-0.05, 0) is 51.1 Å². The van der Waals surface area contributed by atoms with E-state index in [1.54, 1.807) is 0 Å². The molecule has 3 nitrogen and oxygen atoms in total. The number of aryl methyl sites for hydroxylation is 1. The quantitative estimate of drug-likeness (QED) is 0.845. The van der Waals surface area contributed by atoms with E-state index in [1.807, 2.05) is 12.1 Å². The van der Waals surface area contributed by atoms with Gasteiger partial charge in [-0.15, -0.1) is 0 Å². The Morgan fingerprint density at radius 2 is 1.71 bits per heavy atom. The van der Waals surface area contributed by atoms with Crippen LogP contribution in [0.1, 0.15) is 50.2 Å². The van der Waals surface area contributed by atoms with E-state index in [4.69, 9.17) is 0 Å². The molecule has 1 saturated carbocycles. The summed E-state index contributed by atoms with van der Waals surface area (Å²) < 4.78 is 0. The number of carbonyl (C=O) groups excluding carboxylic acids is 1. The van der Waals surface area contributed by atoms with Crippen molar-refractivity contribution in [2.45, 2.75) is 64.5 Å². The van der Waals surface area contributed by atoms with Crippen LogP contribution in [-0.4, -0.2) is 24.5 Å². The molecule has 0 atom stereocenters. The lowest BCUT2D eigenvalue weighted by molar-refractivity contribution is -0.121. The second-order valence-electron chi connectivity index (χ2n) is 6.23. The summed E-state index contributed by atoms with van der Waals surface area (Å²) in [6, 6.07) is 9.22. The number of hydrogen-bond acceptors (Lipinski definition) is 2. The van der Waals surface area contributed by atoms with Crippen molar-refractivity contribution in [3.8, 4) is 0 Å². The topological polar surface area (TPSA) is 41.1 Å². The van der Waals surface area contributed by atoms with Gasteiger partial charge in [-0.1, -0.05) is 36.8 Å². The first kappa shape index (κ1) is 16.0. The van der Waals surface area contributed by atoms with Crippen LogP contribution in [0, 0.1) is 6.92 Å². The first-order chi connectivity index (χ1) is 10.2. The molecule has 2 N–H and O–H groups in total. The molecule has 0 bridgehead atoms. The van der Waals surface area contributed by atoms with Crippen LogP contribution in [0.2, 0.25) is 0 Å². The molecule has 1 aromatic rings. The number of carbonyl (C=O) groups is 1. The second kappa shape index (κ2) is 8.18. The van der Waals surface area contributed by atoms with Crippen LogP contribution in [0.3, 0.4) is 0 Å². The third-order valence-electron chi connectivity index (χ3n) is 4.26. The van der Waals surface area contributed by atoms with E-state index in [1.165, 1.54) is 24.8 Å². The number of hydrogen-bond donors (Lipinski definition) is 2. The highest BCUT2D eigenvalue weighted by molar-refractivity contribution is 5.78. The molecule has 0 saturated heterocycles. The molecule has 0 unspecified atom stereocenters. The van der Waals surface area contributed by atoms with Crippen LogP contribution < -0.4 is 10.6 Å². The van der Waals surface area contributed by atoms with E-state index in [0.717, 1.165) is 24.9 Å². The Morgan fingerprint density at radius 1 is 1.10 bits per heavy atom. The zero-order valence-electron chi connectivity index (χ0n) is 13.3. The molecule has 0 aliphatic heterocycles. The first-order valence-corrected chi connectivity index (χ1v) is 8.25. The standard InChI is InChI=1S/C18H28N2O/c1-3-12-19-16-8-10-17(11-9-16)20-18(21)13-15-6-4-14(2)5-7-15/h4-7,16-17,19H,3,8-13H2,1-2H3,(H,20,21). The van der Waals surface area contributed by atoms with E-state index in [0.29, 0.717) is 18.5 Å². The third kappa shape index (κ3) is 5.50. The summed E-state index contributed by atoms with van der Waals surface area (Å²) in [4.78, 5) is 12.1. The minimum atomic E-state index is 0.156. The molecule has 0 heterocycles. The summed E-state index contributed by atoms with van der Waals surface area (Å²) in [5.41, 5.74) is 2.33. The largest absolute Gasteiger partial charge is 0.353 e. The van der Waals surface area contributed by atoms with Crippen molar-refractivity contribution in [3.63, 3.8) is 0 Å². The molecule has 1 aliphatic rings. The van der Waals surface area contributed by atoms with E-state index < -0.39 is 0 Å². The molecule has 1 amide bonds. The predicted octanol–water partition coefficient (Wildman–Crippen LogP) is 2.96. The van der Waals surface area contributed by atoms with Gasteiger partial charge >= 0.3 is 0 Å². The fraction of sp³-hybridized carbons (Fsp3) is 0.611. The minimum absolute atomic E-state index is 0.156. The summed E-state index contributed by atoms with van der Waals surface area (Å²) in [6.07, 6.45) is 6.23. The Hall–Kier alpha value is -1.35. The molecule has 3 heteroatoms. The Kier molecular flexibility index (Phi) is 6.24. The highest BCUT2D eigenvalue weighted by Gasteiger charge is 2.21. The van der Waals surface area contributed by atoms with Gasteiger partial charge in [0, 0.05) is 12.1 Å². The Bertz CT molecular complexity index is 433. The highest BCUT2D eigenvalue weighted by atomic mass is 16.1. The third-order valence-corrected chi connectivity index (χ3v) is 4.26. The highest BCUT2D eigenvalue weighted by Crippen LogP contribution is 2.18. The Balaban J connectivity index is 1.70. The van der Waals surface area contributed by atoms with Crippen LogP contribution in [0.4, 0.5) is 0 Å². The molecule has 0 aromatic heterocycles. The van der Waals surface area contributed by atoms with E-state index in [-0.39, 0.29) is 5.91 Å². The van der Waals surface area contributed by atoms with E-state index in [9.17, 15) is 4.79 Å². The lowest BCUT2D eigenvalue weighted by atomic mass is 9.91. The molecule has 1 aromatic carbocycles. The Labute approximate surface area is 128 Å². The molecule has 2 rings (SSSR count). The van der Waals surface area contributed by atoms with Crippen LogP contribution in [0.5, 0.6) is 0 Å². The minimum Gasteiger partial charge on any atom is -0.353 e. The molecule has 21 heavy (non-hydrogen) atoms. The van der Waals surface area contributed by atoms with Gasteiger partial charge in [0.05, 0.1) is 6.42 Å². The predicted molar refractivity (Wildman–Crippen MR) is 87.4 cm³/mol. The maximum Gasteiger partial charge on any atom is 0.224 e. The molecule has 0 spiro atoms. The number of amides is 1. The zero-order valence-corrected chi connectivity index (χ0v) is 13.3. The van der Waals surface area contributed by atoms with Crippen molar-refractivity contribution >= 4 is 5.91 Å². The molecule has 1 fully saturated rings. The van der Waals surface area contributed by atoms with Gasteiger partial charge in [-0.25, -0.2) is 0 Å². The molecule has 0 radical (unpaired) electrons. The van der Waals surface area contributed by atoms with Gasteiger partial charge in [0.1, 0.15) is 0 Å². The van der Waals surface area contributed by atoms with Crippen molar-refractivity contribution in [2.75, 3.05) is 6.54 Å². The lowest BCUT2D eigenvalue weighted by Crippen LogP contribution is -2.42.